The van der Waals surface area contributed by atoms with Crippen LogP contribution in [0.3, 0.4) is 0 Å². The van der Waals surface area contributed by atoms with E-state index < -0.39 is 0 Å². The third-order valence-electron chi connectivity index (χ3n) is 4.76. The number of aromatic nitrogens is 2. The van der Waals surface area contributed by atoms with E-state index in [2.05, 4.69) is 0 Å². The fourth-order valence-electron chi connectivity index (χ4n) is 3.07. The molecule has 0 aliphatic carbocycles. The molecule has 0 unspecified atom stereocenters. The van der Waals surface area contributed by atoms with Crippen LogP contribution in [-0.4, -0.2) is 34.5 Å². The van der Waals surface area contributed by atoms with E-state index in [1.54, 1.807) is 30.6 Å². The van der Waals surface area contributed by atoms with Crippen LogP contribution in [0.1, 0.15) is 15.9 Å². The molecule has 0 saturated heterocycles. The molecule has 152 valence electrons. The van der Waals surface area contributed by atoms with Gasteiger partial charge in [-0.15, -0.1) is 11.3 Å². The number of amides is 1. The quantitative estimate of drug-likeness (QED) is 0.338. The van der Waals surface area contributed by atoms with E-state index in [0.717, 1.165) is 20.8 Å². The predicted octanol–water partition coefficient (Wildman–Crippen LogP) is 4.66. The summed E-state index contributed by atoms with van der Waals surface area (Å²) in [6.07, 6.45) is 0. The van der Waals surface area contributed by atoms with Gasteiger partial charge in [0.25, 0.3) is 11.5 Å². The molecule has 0 fully saturated rings. The molecular formula is C23H21N3O2S2. The van der Waals surface area contributed by atoms with Crippen molar-refractivity contribution in [3.05, 3.63) is 82.1 Å². The zero-order valence-electron chi connectivity index (χ0n) is 17.0. The molecule has 2 heterocycles. The Balaban J connectivity index is 1.58. The van der Waals surface area contributed by atoms with Crippen molar-refractivity contribution in [2.75, 3.05) is 14.1 Å². The number of hydrogen-bond donors (Lipinski definition) is 0. The first-order chi connectivity index (χ1) is 14.4. The van der Waals surface area contributed by atoms with Gasteiger partial charge < -0.3 is 4.90 Å². The van der Waals surface area contributed by atoms with Gasteiger partial charge in [-0.2, -0.15) is 0 Å². The lowest BCUT2D eigenvalue weighted by Crippen LogP contribution is -2.21. The summed E-state index contributed by atoms with van der Waals surface area (Å²) in [5.41, 5.74) is 2.78. The van der Waals surface area contributed by atoms with E-state index in [-0.39, 0.29) is 11.5 Å². The van der Waals surface area contributed by atoms with Crippen molar-refractivity contribution in [3.63, 3.8) is 0 Å². The minimum absolute atomic E-state index is 0.0179. The summed E-state index contributed by atoms with van der Waals surface area (Å²) in [4.78, 5) is 33.0. The van der Waals surface area contributed by atoms with Crippen molar-refractivity contribution < 1.29 is 4.79 Å². The van der Waals surface area contributed by atoms with Gasteiger partial charge in [0.15, 0.2) is 5.16 Å². The third-order valence-corrected chi connectivity index (χ3v) is 6.94. The van der Waals surface area contributed by atoms with Gasteiger partial charge >= 0.3 is 0 Å². The van der Waals surface area contributed by atoms with E-state index >= 15 is 0 Å². The topological polar surface area (TPSA) is 55.2 Å². The summed E-state index contributed by atoms with van der Waals surface area (Å²) in [7, 11) is 5.24. The van der Waals surface area contributed by atoms with Gasteiger partial charge in [-0.25, -0.2) is 4.98 Å². The van der Waals surface area contributed by atoms with Gasteiger partial charge in [0, 0.05) is 37.3 Å². The summed E-state index contributed by atoms with van der Waals surface area (Å²) in [5, 5.41) is 1.33. The molecule has 0 aliphatic rings. The molecule has 0 saturated carbocycles. The fraction of sp³-hybridized carbons (Fsp3) is 0.174. The van der Waals surface area contributed by atoms with Gasteiger partial charge in [0.05, 0.1) is 5.39 Å². The van der Waals surface area contributed by atoms with E-state index in [0.29, 0.717) is 21.9 Å². The van der Waals surface area contributed by atoms with Crippen LogP contribution in [0.15, 0.2) is 70.6 Å². The maximum Gasteiger partial charge on any atom is 0.262 e. The molecule has 0 atom stereocenters. The number of nitrogens with zero attached hydrogens (tertiary/aromatic N) is 3. The number of rotatable bonds is 5. The lowest BCUT2D eigenvalue weighted by atomic mass is 10.1. The van der Waals surface area contributed by atoms with E-state index in [1.165, 1.54) is 23.1 Å². The van der Waals surface area contributed by atoms with Crippen molar-refractivity contribution in [3.8, 4) is 10.4 Å². The highest BCUT2D eigenvalue weighted by Gasteiger charge is 2.14. The van der Waals surface area contributed by atoms with E-state index in [9.17, 15) is 9.59 Å². The second kappa shape index (κ2) is 8.45. The van der Waals surface area contributed by atoms with Crippen LogP contribution in [0, 0.1) is 0 Å². The highest BCUT2D eigenvalue weighted by molar-refractivity contribution is 7.98. The van der Waals surface area contributed by atoms with Gasteiger partial charge in [0.1, 0.15) is 4.83 Å². The van der Waals surface area contributed by atoms with E-state index in [4.69, 9.17) is 4.98 Å². The molecule has 4 rings (SSSR count). The van der Waals surface area contributed by atoms with Crippen molar-refractivity contribution >= 4 is 39.2 Å². The van der Waals surface area contributed by atoms with Gasteiger partial charge in [-0.05, 0) is 29.3 Å². The summed E-state index contributed by atoms with van der Waals surface area (Å²) < 4.78 is 1.61. The maximum atomic E-state index is 12.9. The smallest absolute Gasteiger partial charge is 0.262 e. The molecule has 0 bridgehead atoms. The number of hydrogen-bond acceptors (Lipinski definition) is 5. The Morgan fingerprint density at radius 3 is 2.47 bits per heavy atom. The molecular weight excluding hydrogens is 414 g/mol. The van der Waals surface area contributed by atoms with Gasteiger partial charge in [0.2, 0.25) is 0 Å². The number of thiophene rings is 1. The van der Waals surface area contributed by atoms with Crippen molar-refractivity contribution in [2.24, 2.45) is 7.05 Å². The fourth-order valence-corrected chi connectivity index (χ4v) is 5.08. The molecule has 7 heteroatoms. The van der Waals surface area contributed by atoms with Crippen molar-refractivity contribution in [1.29, 1.82) is 0 Å². The van der Waals surface area contributed by atoms with Crippen LogP contribution in [0.25, 0.3) is 20.7 Å². The standard InChI is InChI=1S/C23H21N3O2S2/c1-25(2)21(27)17-11-9-15(10-12-17)14-29-23-24-20-18(22(28)26(23)3)13-19(30-20)16-7-5-4-6-8-16/h4-13H,14H2,1-3H3. The SMILES string of the molecule is CN(C)C(=O)c1ccc(CSc2nc3sc(-c4ccccc4)cc3c(=O)n2C)cc1. The largest absolute Gasteiger partial charge is 0.345 e. The highest BCUT2D eigenvalue weighted by atomic mass is 32.2. The number of carbonyl (C=O) groups is 1. The second-order valence-electron chi connectivity index (χ2n) is 7.14. The average Bonchev–Trinajstić information content (AvgIpc) is 3.20. The van der Waals surface area contributed by atoms with Crippen molar-refractivity contribution in [1.82, 2.24) is 14.5 Å². The average molecular weight is 436 g/mol. The summed E-state index contributed by atoms with van der Waals surface area (Å²) in [6, 6.07) is 19.5. The van der Waals surface area contributed by atoms with Gasteiger partial charge in [-0.1, -0.05) is 54.2 Å². The number of thioether (sulfide) groups is 1. The van der Waals surface area contributed by atoms with E-state index in [1.807, 2.05) is 60.7 Å². The Kier molecular flexibility index (Phi) is 5.74. The lowest BCUT2D eigenvalue weighted by Gasteiger charge is -2.11. The molecule has 0 N–H and O–H groups in total. The Morgan fingerprint density at radius 2 is 1.80 bits per heavy atom. The minimum Gasteiger partial charge on any atom is -0.345 e. The number of benzene rings is 2. The third kappa shape index (κ3) is 4.04. The molecule has 0 spiro atoms. The molecule has 0 aliphatic heterocycles. The second-order valence-corrected chi connectivity index (χ2v) is 9.11. The normalized spacial score (nSPS) is 11.0. The highest BCUT2D eigenvalue weighted by Crippen LogP contribution is 2.32. The van der Waals surface area contributed by atoms with Crippen LogP contribution < -0.4 is 5.56 Å². The molecule has 4 aromatic rings. The first-order valence-electron chi connectivity index (χ1n) is 9.43. The Bertz CT molecular complexity index is 1260. The number of carbonyl (C=O) groups excluding carboxylic acids is 1. The summed E-state index contributed by atoms with van der Waals surface area (Å²) in [5.74, 6) is 0.648. The van der Waals surface area contributed by atoms with Crippen LogP contribution in [0.4, 0.5) is 0 Å². The molecule has 1 amide bonds. The first-order valence-corrected chi connectivity index (χ1v) is 11.2. The number of fused-ring (bicyclic) bond motifs is 1. The summed E-state index contributed by atoms with van der Waals surface area (Å²) in [6.45, 7) is 0. The minimum atomic E-state index is -0.0344. The molecule has 0 radical (unpaired) electrons. The molecule has 2 aromatic carbocycles. The Hall–Kier alpha value is -2.90. The lowest BCUT2D eigenvalue weighted by molar-refractivity contribution is 0.0827. The van der Waals surface area contributed by atoms with Crippen LogP contribution in [-0.2, 0) is 12.8 Å². The monoisotopic (exact) mass is 435 g/mol. The zero-order valence-corrected chi connectivity index (χ0v) is 18.6. The van der Waals surface area contributed by atoms with Gasteiger partial charge in [-0.3, -0.25) is 14.2 Å². The van der Waals surface area contributed by atoms with Crippen LogP contribution in [0.5, 0.6) is 0 Å². The first kappa shape index (κ1) is 20.4. The predicted molar refractivity (Wildman–Crippen MR) is 124 cm³/mol. The Morgan fingerprint density at radius 1 is 1.10 bits per heavy atom. The van der Waals surface area contributed by atoms with Crippen LogP contribution >= 0.6 is 23.1 Å². The molecule has 2 aromatic heterocycles. The van der Waals surface area contributed by atoms with Crippen LogP contribution in [0.2, 0.25) is 0 Å². The maximum absolute atomic E-state index is 12.9. The summed E-state index contributed by atoms with van der Waals surface area (Å²) >= 11 is 3.05. The zero-order chi connectivity index (χ0) is 21.3. The van der Waals surface area contributed by atoms with Crippen molar-refractivity contribution in [2.45, 2.75) is 10.9 Å². The Labute approximate surface area is 183 Å². The molecule has 5 nitrogen and oxygen atoms in total. The molecule has 30 heavy (non-hydrogen) atoms.